The number of hydrogen-bond donors (Lipinski definition) is 1. The second kappa shape index (κ2) is 6.08. The van der Waals surface area contributed by atoms with E-state index in [0.717, 1.165) is 29.3 Å². The van der Waals surface area contributed by atoms with E-state index in [1.807, 2.05) is 32.2 Å². The minimum atomic E-state index is 0.510. The molecule has 1 aliphatic carbocycles. The zero-order valence-electron chi connectivity index (χ0n) is 12.5. The van der Waals surface area contributed by atoms with Crippen LogP contribution in [0.3, 0.4) is 0 Å². The van der Waals surface area contributed by atoms with Crippen molar-refractivity contribution in [2.24, 2.45) is 0 Å². The van der Waals surface area contributed by atoms with Gasteiger partial charge in [0.1, 0.15) is 11.6 Å². The van der Waals surface area contributed by atoms with Gasteiger partial charge in [-0.3, -0.25) is 4.98 Å². The average Bonchev–Trinajstić information content (AvgIpc) is 3.35. The number of hydrogen-bond acceptors (Lipinski definition) is 5. The van der Waals surface area contributed by atoms with E-state index in [4.69, 9.17) is 4.74 Å². The van der Waals surface area contributed by atoms with Crippen LogP contribution < -0.4 is 10.1 Å². The quantitative estimate of drug-likeness (QED) is 0.883. The molecular formula is C16H20N4O. The highest BCUT2D eigenvalue weighted by atomic mass is 16.5. The summed E-state index contributed by atoms with van der Waals surface area (Å²) in [5.41, 5.74) is 1.99. The number of rotatable bonds is 6. The van der Waals surface area contributed by atoms with Crippen molar-refractivity contribution in [3.8, 4) is 5.88 Å². The van der Waals surface area contributed by atoms with Gasteiger partial charge < -0.3 is 10.1 Å². The number of anilines is 1. The number of aromatic nitrogens is 3. The fourth-order valence-electron chi connectivity index (χ4n) is 2.22. The van der Waals surface area contributed by atoms with Crippen molar-refractivity contribution in [1.82, 2.24) is 15.0 Å². The molecule has 0 amide bonds. The zero-order valence-corrected chi connectivity index (χ0v) is 12.5. The molecule has 110 valence electrons. The lowest BCUT2D eigenvalue weighted by atomic mass is 10.3. The molecule has 0 saturated heterocycles. The van der Waals surface area contributed by atoms with E-state index < -0.39 is 0 Å². The highest BCUT2D eigenvalue weighted by molar-refractivity contribution is 5.48. The topological polar surface area (TPSA) is 59.9 Å². The molecule has 0 spiro atoms. The summed E-state index contributed by atoms with van der Waals surface area (Å²) in [5.74, 6) is 2.96. The third-order valence-corrected chi connectivity index (χ3v) is 3.62. The van der Waals surface area contributed by atoms with Gasteiger partial charge >= 0.3 is 0 Å². The maximum Gasteiger partial charge on any atom is 0.221 e. The van der Waals surface area contributed by atoms with Crippen LogP contribution in [0.1, 0.15) is 35.8 Å². The van der Waals surface area contributed by atoms with Crippen LogP contribution in [0, 0.1) is 6.92 Å². The maximum atomic E-state index is 5.87. The van der Waals surface area contributed by atoms with Gasteiger partial charge in [-0.05, 0) is 31.9 Å². The van der Waals surface area contributed by atoms with Crippen molar-refractivity contribution in [2.45, 2.75) is 32.1 Å². The molecule has 0 aromatic carbocycles. The van der Waals surface area contributed by atoms with Crippen LogP contribution in [0.15, 0.2) is 24.4 Å². The number of pyridine rings is 1. The summed E-state index contributed by atoms with van der Waals surface area (Å²) < 4.78 is 5.87. The number of ether oxygens (including phenoxy) is 1. The van der Waals surface area contributed by atoms with Gasteiger partial charge in [0.15, 0.2) is 0 Å². The molecular weight excluding hydrogens is 264 g/mol. The molecule has 5 nitrogen and oxygen atoms in total. The van der Waals surface area contributed by atoms with Crippen molar-refractivity contribution in [3.05, 3.63) is 41.5 Å². The third kappa shape index (κ3) is 3.29. The van der Waals surface area contributed by atoms with Crippen molar-refractivity contribution in [2.75, 3.05) is 19.0 Å². The molecule has 1 fully saturated rings. The van der Waals surface area contributed by atoms with Crippen molar-refractivity contribution in [1.29, 1.82) is 0 Å². The van der Waals surface area contributed by atoms with Gasteiger partial charge in [0.2, 0.25) is 5.88 Å². The van der Waals surface area contributed by atoms with Gasteiger partial charge in [-0.2, -0.15) is 4.98 Å². The molecule has 0 unspecified atom stereocenters. The molecule has 5 heteroatoms. The second-order valence-electron chi connectivity index (χ2n) is 5.30. The fourth-order valence-corrected chi connectivity index (χ4v) is 2.22. The Morgan fingerprint density at radius 3 is 2.81 bits per heavy atom. The Kier molecular flexibility index (Phi) is 3.99. The number of nitrogens with one attached hydrogen (secondary N) is 1. The molecule has 0 bridgehead atoms. The lowest BCUT2D eigenvalue weighted by molar-refractivity contribution is 0.304. The normalized spacial score (nSPS) is 14.0. The van der Waals surface area contributed by atoms with Crippen LogP contribution in [-0.2, 0) is 6.42 Å². The Labute approximate surface area is 124 Å². The smallest absolute Gasteiger partial charge is 0.221 e. The van der Waals surface area contributed by atoms with E-state index >= 15 is 0 Å². The Bertz CT molecular complexity index is 611. The molecule has 0 atom stereocenters. The predicted molar refractivity (Wildman–Crippen MR) is 81.7 cm³/mol. The summed E-state index contributed by atoms with van der Waals surface area (Å²) in [6.07, 6.45) is 4.94. The molecule has 2 aromatic rings. The van der Waals surface area contributed by atoms with Gasteiger partial charge in [-0.1, -0.05) is 6.07 Å². The fraction of sp³-hybridized carbons (Fsp3) is 0.438. The lowest BCUT2D eigenvalue weighted by Crippen LogP contribution is -2.09. The lowest BCUT2D eigenvalue weighted by Gasteiger charge is -2.12. The molecule has 1 aliphatic rings. The minimum Gasteiger partial charge on any atom is -0.477 e. The summed E-state index contributed by atoms with van der Waals surface area (Å²) in [4.78, 5) is 13.4. The first-order chi connectivity index (χ1) is 10.3. The van der Waals surface area contributed by atoms with E-state index in [-0.39, 0.29) is 0 Å². The molecule has 0 aliphatic heterocycles. The summed E-state index contributed by atoms with van der Waals surface area (Å²) in [5, 5.41) is 3.12. The van der Waals surface area contributed by atoms with Crippen molar-refractivity contribution in [3.63, 3.8) is 0 Å². The summed E-state index contributed by atoms with van der Waals surface area (Å²) in [6.45, 7) is 2.56. The van der Waals surface area contributed by atoms with Gasteiger partial charge in [-0.25, -0.2) is 4.98 Å². The highest BCUT2D eigenvalue weighted by Gasteiger charge is 2.28. The second-order valence-corrected chi connectivity index (χ2v) is 5.30. The van der Waals surface area contributed by atoms with E-state index in [9.17, 15) is 0 Å². The van der Waals surface area contributed by atoms with Crippen LogP contribution >= 0.6 is 0 Å². The zero-order chi connectivity index (χ0) is 14.7. The summed E-state index contributed by atoms with van der Waals surface area (Å²) in [7, 11) is 1.88. The van der Waals surface area contributed by atoms with Crippen LogP contribution in [0.2, 0.25) is 0 Å². The summed E-state index contributed by atoms with van der Waals surface area (Å²) in [6, 6.07) is 5.91. The maximum absolute atomic E-state index is 5.87. The van der Waals surface area contributed by atoms with Crippen LogP contribution in [0.4, 0.5) is 5.82 Å². The van der Waals surface area contributed by atoms with Crippen LogP contribution in [-0.4, -0.2) is 28.6 Å². The predicted octanol–water partition coefficient (Wildman–Crippen LogP) is 2.72. The Hall–Kier alpha value is -2.17. The molecule has 2 heterocycles. The first-order valence-electron chi connectivity index (χ1n) is 7.37. The molecule has 21 heavy (non-hydrogen) atoms. The van der Waals surface area contributed by atoms with Crippen molar-refractivity contribution >= 4 is 5.82 Å². The Balaban J connectivity index is 1.70. The monoisotopic (exact) mass is 284 g/mol. The summed E-state index contributed by atoms with van der Waals surface area (Å²) >= 11 is 0. The highest BCUT2D eigenvalue weighted by Crippen LogP contribution is 2.39. The average molecular weight is 284 g/mol. The van der Waals surface area contributed by atoms with Crippen molar-refractivity contribution < 1.29 is 4.74 Å². The first kappa shape index (κ1) is 13.8. The number of nitrogens with zero attached hydrogens (tertiary/aromatic N) is 3. The molecule has 3 rings (SSSR count). The first-order valence-corrected chi connectivity index (χ1v) is 7.37. The SMILES string of the molecule is CNc1nc(C2CC2)nc(OCCc2ccccn2)c1C. The minimum absolute atomic E-state index is 0.510. The third-order valence-electron chi connectivity index (χ3n) is 3.62. The van der Waals surface area contributed by atoms with Crippen LogP contribution in [0.5, 0.6) is 5.88 Å². The Morgan fingerprint density at radius 2 is 2.14 bits per heavy atom. The van der Waals surface area contributed by atoms with E-state index in [0.29, 0.717) is 18.4 Å². The van der Waals surface area contributed by atoms with E-state index in [1.54, 1.807) is 6.20 Å². The van der Waals surface area contributed by atoms with Gasteiger partial charge in [-0.15, -0.1) is 0 Å². The molecule has 1 saturated carbocycles. The van der Waals surface area contributed by atoms with E-state index in [2.05, 4.69) is 20.3 Å². The van der Waals surface area contributed by atoms with E-state index in [1.165, 1.54) is 12.8 Å². The van der Waals surface area contributed by atoms with Gasteiger partial charge in [0, 0.05) is 31.3 Å². The standard InChI is InChI=1S/C16H20N4O/c1-11-14(17-2)19-15(12-6-7-12)20-16(11)21-10-8-13-5-3-4-9-18-13/h3-5,9,12H,6-8,10H2,1-2H3,(H,17,19,20). The Morgan fingerprint density at radius 1 is 1.29 bits per heavy atom. The van der Waals surface area contributed by atoms with Gasteiger partial charge in [0.05, 0.1) is 12.2 Å². The van der Waals surface area contributed by atoms with Crippen LogP contribution in [0.25, 0.3) is 0 Å². The van der Waals surface area contributed by atoms with Gasteiger partial charge in [0.25, 0.3) is 0 Å². The molecule has 2 aromatic heterocycles. The molecule has 0 radical (unpaired) electrons. The molecule has 1 N–H and O–H groups in total. The largest absolute Gasteiger partial charge is 0.477 e.